The van der Waals surface area contributed by atoms with Gasteiger partial charge in [-0.3, -0.25) is 4.79 Å². The number of hydrogen-bond donors (Lipinski definition) is 1. The molecular formula is C12H9N2O2S+. The second-order valence-corrected chi connectivity index (χ2v) is 3.72. The van der Waals surface area contributed by atoms with E-state index in [-0.39, 0.29) is 11.0 Å². The summed E-state index contributed by atoms with van der Waals surface area (Å²) in [5, 5.41) is 0. The first-order valence-corrected chi connectivity index (χ1v) is 5.30. The number of para-hydroxylation sites is 1. The predicted octanol–water partition coefficient (Wildman–Crippen LogP) is 1.59. The van der Waals surface area contributed by atoms with E-state index >= 15 is 0 Å². The predicted molar refractivity (Wildman–Crippen MR) is 65.1 cm³/mol. The Morgan fingerprint density at radius 1 is 1.18 bits per heavy atom. The Morgan fingerprint density at radius 2 is 1.88 bits per heavy atom. The van der Waals surface area contributed by atoms with Crippen molar-refractivity contribution in [1.82, 2.24) is 4.98 Å². The average molecular weight is 245 g/mol. The number of hydrogen-bond acceptors (Lipinski definition) is 3. The highest BCUT2D eigenvalue weighted by molar-refractivity contribution is 7.44. The number of aromatic amines is 1. The Bertz CT molecular complexity index is 620. The van der Waals surface area contributed by atoms with Crippen molar-refractivity contribution in [3.63, 3.8) is 0 Å². The summed E-state index contributed by atoms with van der Waals surface area (Å²) >= 11 is 5.00. The van der Waals surface area contributed by atoms with Crippen LogP contribution in [0.5, 0.6) is 0 Å². The normalized spacial score (nSPS) is 9.88. The van der Waals surface area contributed by atoms with Gasteiger partial charge in [0.05, 0.1) is 0 Å². The number of nitrogens with one attached hydrogen (secondary N) is 1. The minimum Gasteiger partial charge on any atom is -0.367 e. The number of nitrogens with zero attached hydrogens (tertiary/aromatic N) is 1. The lowest BCUT2D eigenvalue weighted by Crippen LogP contribution is -2.21. The number of carbonyl (C=O) groups is 1. The second-order valence-electron chi connectivity index (χ2n) is 3.36. The van der Waals surface area contributed by atoms with Gasteiger partial charge in [0.1, 0.15) is 0 Å². The topological polar surface area (TPSA) is 52.9 Å². The van der Waals surface area contributed by atoms with Crippen LogP contribution in [0.1, 0.15) is 10.4 Å². The van der Waals surface area contributed by atoms with Gasteiger partial charge in [-0.1, -0.05) is 18.2 Å². The van der Waals surface area contributed by atoms with Crippen LogP contribution < -0.4 is 5.43 Å². The molecule has 0 saturated carbocycles. The molecule has 0 unspecified atom stereocenters. The molecule has 17 heavy (non-hydrogen) atoms. The van der Waals surface area contributed by atoms with Gasteiger partial charge in [-0.2, -0.15) is 0 Å². The summed E-state index contributed by atoms with van der Waals surface area (Å²) in [5.41, 5.74) is 0.252. The lowest BCUT2D eigenvalue weighted by molar-refractivity contribution is -0.301. The molecule has 0 aliphatic heterocycles. The quantitative estimate of drug-likeness (QED) is 0.817. The van der Waals surface area contributed by atoms with Gasteiger partial charge in [-0.25, -0.2) is 4.79 Å². The average Bonchev–Trinajstić information content (AvgIpc) is 2.39. The molecule has 2 aromatic rings. The van der Waals surface area contributed by atoms with Crippen molar-refractivity contribution in [2.24, 2.45) is 0 Å². The van der Waals surface area contributed by atoms with E-state index < -0.39 is 5.91 Å². The molecule has 0 aliphatic rings. The van der Waals surface area contributed by atoms with Crippen LogP contribution in [-0.4, -0.2) is 14.8 Å². The minimum atomic E-state index is -0.506. The van der Waals surface area contributed by atoms with Gasteiger partial charge in [0.25, 0.3) is 12.4 Å². The Hall–Kier alpha value is -2.14. The molecule has 0 aliphatic carbocycles. The van der Waals surface area contributed by atoms with Crippen molar-refractivity contribution < 1.29 is 8.74 Å². The van der Waals surface area contributed by atoms with Gasteiger partial charge >= 0.3 is 5.91 Å². The van der Waals surface area contributed by atoms with Crippen molar-refractivity contribution in [2.75, 3.05) is 0 Å². The molecule has 0 atom stereocenters. The summed E-state index contributed by atoms with van der Waals surface area (Å²) in [6.07, 6.45) is 2.82. The van der Waals surface area contributed by atoms with Crippen molar-refractivity contribution in [3.8, 4) is 0 Å². The maximum absolute atomic E-state index is 12.0. The van der Waals surface area contributed by atoms with Crippen LogP contribution in [-0.2, 0) is 12.4 Å². The minimum absolute atomic E-state index is 0.0337. The maximum atomic E-state index is 12.0. The molecule has 4 nitrogen and oxygen atoms in total. The third-order valence-corrected chi connectivity index (χ3v) is 2.61. The van der Waals surface area contributed by atoms with E-state index in [1.54, 1.807) is 24.3 Å². The lowest BCUT2D eigenvalue weighted by Gasteiger charge is -1.95. The SMILES string of the molecule is O=C(c1c[nH]ccc1=O)[N+](=S)c1ccccc1. The third kappa shape index (κ3) is 2.34. The molecular weight excluding hydrogens is 236 g/mol. The number of carbonyl (C=O) groups excluding carboxylic acids is 1. The maximum Gasteiger partial charge on any atom is 0.444 e. The van der Waals surface area contributed by atoms with Gasteiger partial charge in [-0.05, 0) is 3.95 Å². The standard InChI is InChI=1S/C12H8N2O2S/c15-11-6-7-13-8-10(11)12(16)14(17)9-4-2-1-3-5-9/h1-8H/p+1. The summed E-state index contributed by atoms with van der Waals surface area (Å²) < 4.78 is 1.03. The van der Waals surface area contributed by atoms with E-state index in [0.29, 0.717) is 5.69 Å². The van der Waals surface area contributed by atoms with Crippen LogP contribution in [0.2, 0.25) is 0 Å². The molecule has 1 N–H and O–H groups in total. The first-order chi connectivity index (χ1) is 8.20. The van der Waals surface area contributed by atoms with Crippen LogP contribution in [0.3, 0.4) is 0 Å². The first-order valence-electron chi connectivity index (χ1n) is 4.94. The smallest absolute Gasteiger partial charge is 0.367 e. The molecule has 2 rings (SSSR count). The van der Waals surface area contributed by atoms with E-state index in [1.165, 1.54) is 18.5 Å². The summed E-state index contributed by atoms with van der Waals surface area (Å²) in [5.74, 6) is -0.506. The largest absolute Gasteiger partial charge is 0.444 e. The van der Waals surface area contributed by atoms with Gasteiger partial charge < -0.3 is 4.98 Å². The molecule has 1 aromatic heterocycles. The zero-order valence-corrected chi connectivity index (χ0v) is 9.61. The molecule has 1 heterocycles. The molecule has 1 aromatic carbocycles. The fraction of sp³-hybridized carbons (Fsp3) is 0. The van der Waals surface area contributed by atoms with Gasteiger partial charge in [0.2, 0.25) is 5.69 Å². The molecule has 1 amide bonds. The number of amides is 1. The molecule has 0 bridgehead atoms. The van der Waals surface area contributed by atoms with Crippen molar-refractivity contribution in [2.45, 2.75) is 0 Å². The summed E-state index contributed by atoms with van der Waals surface area (Å²) in [7, 11) is 0. The van der Waals surface area contributed by atoms with E-state index in [1.807, 2.05) is 6.07 Å². The number of rotatable bonds is 2. The molecule has 0 saturated heterocycles. The fourth-order valence-corrected chi connectivity index (χ4v) is 1.59. The molecule has 5 heteroatoms. The van der Waals surface area contributed by atoms with Gasteiger partial charge in [0.15, 0.2) is 11.0 Å². The highest BCUT2D eigenvalue weighted by Crippen LogP contribution is 2.11. The van der Waals surface area contributed by atoms with Crippen LogP contribution in [0.4, 0.5) is 5.69 Å². The van der Waals surface area contributed by atoms with E-state index in [4.69, 9.17) is 12.4 Å². The van der Waals surface area contributed by atoms with Crippen molar-refractivity contribution in [3.05, 3.63) is 64.6 Å². The van der Waals surface area contributed by atoms with E-state index in [9.17, 15) is 9.59 Å². The zero-order chi connectivity index (χ0) is 12.3. The number of benzene rings is 1. The number of pyridine rings is 1. The molecule has 84 valence electrons. The van der Waals surface area contributed by atoms with Crippen molar-refractivity contribution in [1.29, 1.82) is 0 Å². The van der Waals surface area contributed by atoms with Gasteiger partial charge in [-0.15, -0.1) is 0 Å². The van der Waals surface area contributed by atoms with Gasteiger partial charge in [0, 0.05) is 30.6 Å². The summed E-state index contributed by atoms with van der Waals surface area (Å²) in [4.78, 5) is 26.1. The number of aromatic nitrogens is 1. The van der Waals surface area contributed by atoms with E-state index in [2.05, 4.69) is 4.98 Å². The second kappa shape index (κ2) is 4.80. The first kappa shape index (κ1) is 11.3. The third-order valence-electron chi connectivity index (χ3n) is 2.23. The highest BCUT2D eigenvalue weighted by Gasteiger charge is 2.25. The van der Waals surface area contributed by atoms with Crippen LogP contribution in [0.15, 0.2) is 53.6 Å². The Balaban J connectivity index is 2.38. The Morgan fingerprint density at radius 3 is 2.53 bits per heavy atom. The lowest BCUT2D eigenvalue weighted by atomic mass is 10.2. The molecule has 0 spiro atoms. The Kier molecular flexibility index (Phi) is 3.20. The molecule has 0 fully saturated rings. The van der Waals surface area contributed by atoms with Crippen LogP contribution in [0, 0.1) is 0 Å². The molecule has 0 radical (unpaired) electrons. The van der Waals surface area contributed by atoms with Crippen LogP contribution >= 0.6 is 0 Å². The fourth-order valence-electron chi connectivity index (χ4n) is 1.37. The summed E-state index contributed by atoms with van der Waals surface area (Å²) in [6.45, 7) is 0. The zero-order valence-electron chi connectivity index (χ0n) is 8.79. The monoisotopic (exact) mass is 245 g/mol. The number of H-pyrrole nitrogens is 1. The van der Waals surface area contributed by atoms with Crippen LogP contribution in [0.25, 0.3) is 0 Å². The van der Waals surface area contributed by atoms with Crippen molar-refractivity contribution >= 4 is 24.0 Å². The van der Waals surface area contributed by atoms with E-state index in [0.717, 1.165) is 3.95 Å². The highest BCUT2D eigenvalue weighted by atomic mass is 32.1. The Labute approximate surface area is 103 Å². The summed E-state index contributed by atoms with van der Waals surface area (Å²) in [6, 6.07) is 10.1.